The number of hydrogen-bond donors (Lipinski definition) is 1. The molecule has 4 rings (SSSR count). The van der Waals surface area contributed by atoms with Gasteiger partial charge in [0.05, 0.1) is 30.9 Å². The minimum absolute atomic E-state index is 0.0127. The Balaban J connectivity index is 1.83. The van der Waals surface area contributed by atoms with E-state index in [2.05, 4.69) is 30.5 Å². The number of nitro groups is 1. The first kappa shape index (κ1) is 17.4. The van der Waals surface area contributed by atoms with E-state index in [9.17, 15) is 10.1 Å². The summed E-state index contributed by atoms with van der Waals surface area (Å²) in [5, 5.41) is 15.1. The van der Waals surface area contributed by atoms with Gasteiger partial charge in [-0.3, -0.25) is 10.1 Å². The molecule has 0 spiro atoms. The highest BCUT2D eigenvalue weighted by Gasteiger charge is 2.40. The third-order valence-corrected chi connectivity index (χ3v) is 5.68. The molecular weight excluding hydrogens is 344 g/mol. The molecule has 3 atom stereocenters. The topological polar surface area (TPSA) is 73.6 Å². The van der Waals surface area contributed by atoms with Gasteiger partial charge >= 0.3 is 5.69 Å². The summed E-state index contributed by atoms with van der Waals surface area (Å²) in [5.74, 6) is 1.63. The number of aryl methyl sites for hydroxylation is 1. The lowest BCUT2D eigenvalue weighted by Gasteiger charge is -2.39. The Morgan fingerprint density at radius 2 is 1.89 bits per heavy atom. The van der Waals surface area contributed by atoms with Crippen LogP contribution in [-0.2, 0) is 0 Å². The molecule has 27 heavy (non-hydrogen) atoms. The Hall–Kier alpha value is -3.02. The maximum absolute atomic E-state index is 11.5. The lowest BCUT2D eigenvalue weighted by atomic mass is 9.75. The lowest BCUT2D eigenvalue weighted by Crippen LogP contribution is -2.30. The monoisotopic (exact) mass is 366 g/mol. The van der Waals surface area contributed by atoms with Crippen molar-refractivity contribution in [3.05, 3.63) is 69.3 Å². The first-order chi connectivity index (χ1) is 13.0. The molecule has 0 aromatic heterocycles. The summed E-state index contributed by atoms with van der Waals surface area (Å²) in [6.45, 7) is 2.11. The van der Waals surface area contributed by atoms with Crippen molar-refractivity contribution in [1.82, 2.24) is 0 Å². The van der Waals surface area contributed by atoms with Gasteiger partial charge in [0, 0.05) is 12.0 Å². The van der Waals surface area contributed by atoms with Gasteiger partial charge in [0.2, 0.25) is 0 Å². The van der Waals surface area contributed by atoms with E-state index in [1.807, 2.05) is 12.1 Å². The van der Waals surface area contributed by atoms with E-state index >= 15 is 0 Å². The van der Waals surface area contributed by atoms with Crippen molar-refractivity contribution < 1.29 is 14.4 Å². The van der Waals surface area contributed by atoms with E-state index in [-0.39, 0.29) is 23.4 Å². The molecule has 0 amide bonds. The van der Waals surface area contributed by atoms with Crippen LogP contribution in [0.4, 0.5) is 11.4 Å². The predicted molar refractivity (Wildman–Crippen MR) is 104 cm³/mol. The number of rotatable bonds is 4. The summed E-state index contributed by atoms with van der Waals surface area (Å²) >= 11 is 0. The van der Waals surface area contributed by atoms with E-state index in [1.54, 1.807) is 19.2 Å². The molecule has 2 aromatic rings. The van der Waals surface area contributed by atoms with E-state index in [1.165, 1.54) is 18.2 Å². The van der Waals surface area contributed by atoms with Crippen LogP contribution in [0.1, 0.15) is 35.1 Å². The van der Waals surface area contributed by atoms with Crippen molar-refractivity contribution in [2.24, 2.45) is 5.92 Å². The van der Waals surface area contributed by atoms with Crippen LogP contribution in [0.5, 0.6) is 11.5 Å². The fourth-order valence-corrected chi connectivity index (χ4v) is 4.41. The molecule has 0 unspecified atom stereocenters. The van der Waals surface area contributed by atoms with Crippen LogP contribution in [0, 0.1) is 23.0 Å². The quantitative estimate of drug-likeness (QED) is 0.480. The van der Waals surface area contributed by atoms with Crippen LogP contribution in [-0.4, -0.2) is 19.1 Å². The molecule has 0 bridgehead atoms. The van der Waals surface area contributed by atoms with Gasteiger partial charge in [-0.05, 0) is 48.1 Å². The summed E-state index contributed by atoms with van der Waals surface area (Å²) in [7, 11) is 3.11. The maximum atomic E-state index is 11.5. The zero-order chi connectivity index (χ0) is 19.1. The number of nitro benzene ring substituents is 1. The van der Waals surface area contributed by atoms with Crippen LogP contribution in [0.15, 0.2) is 42.5 Å². The fraction of sp³-hybridized carbons (Fsp3) is 0.333. The molecule has 0 fully saturated rings. The fourth-order valence-electron chi connectivity index (χ4n) is 4.41. The summed E-state index contributed by atoms with van der Waals surface area (Å²) < 4.78 is 10.7. The van der Waals surface area contributed by atoms with Gasteiger partial charge in [0.15, 0.2) is 5.75 Å². The Bertz CT molecular complexity index is 938. The van der Waals surface area contributed by atoms with Gasteiger partial charge in [-0.25, -0.2) is 0 Å². The zero-order valence-electron chi connectivity index (χ0n) is 15.6. The first-order valence-electron chi connectivity index (χ1n) is 8.98. The summed E-state index contributed by atoms with van der Waals surface area (Å²) in [5.41, 5.74) is 4.33. The smallest absolute Gasteiger partial charge is 0.311 e. The number of anilines is 1. The second-order valence-electron chi connectivity index (χ2n) is 7.04. The van der Waals surface area contributed by atoms with Crippen molar-refractivity contribution in [3.63, 3.8) is 0 Å². The Morgan fingerprint density at radius 3 is 2.59 bits per heavy atom. The molecule has 0 radical (unpaired) electrons. The second kappa shape index (κ2) is 6.61. The normalized spacial score (nSPS) is 22.6. The molecule has 1 heterocycles. The molecule has 1 N–H and O–H groups in total. The number of fused-ring (bicyclic) bond motifs is 3. The van der Waals surface area contributed by atoms with Crippen molar-refractivity contribution >= 4 is 11.4 Å². The largest absolute Gasteiger partial charge is 0.495 e. The molecule has 1 aliphatic heterocycles. The number of methoxy groups -OCH3 is 2. The third kappa shape index (κ3) is 2.72. The van der Waals surface area contributed by atoms with Crippen LogP contribution >= 0.6 is 0 Å². The average molecular weight is 366 g/mol. The van der Waals surface area contributed by atoms with Gasteiger partial charge in [-0.15, -0.1) is 0 Å². The highest BCUT2D eigenvalue weighted by atomic mass is 16.6. The lowest BCUT2D eigenvalue weighted by molar-refractivity contribution is -0.385. The standard InChI is InChI=1S/C21H22N2O4/c1-12-7-9-18(27-3)21-19(12)14-5-4-6-15(14)20(22-21)13-8-10-17(26-2)16(11-13)23(24)25/h4-5,7-11,14-15,20,22H,6H2,1-3H3/t14-,15+,20-/m0/s1. The van der Waals surface area contributed by atoms with E-state index in [0.717, 1.165) is 23.4 Å². The van der Waals surface area contributed by atoms with Crippen molar-refractivity contribution in [3.8, 4) is 11.5 Å². The van der Waals surface area contributed by atoms with Gasteiger partial charge < -0.3 is 14.8 Å². The molecule has 6 nitrogen and oxygen atoms in total. The molecule has 140 valence electrons. The van der Waals surface area contributed by atoms with Crippen LogP contribution in [0.3, 0.4) is 0 Å². The highest BCUT2D eigenvalue weighted by molar-refractivity contribution is 5.70. The van der Waals surface area contributed by atoms with Crippen molar-refractivity contribution in [1.29, 1.82) is 0 Å². The van der Waals surface area contributed by atoms with Crippen molar-refractivity contribution in [2.45, 2.75) is 25.3 Å². The van der Waals surface area contributed by atoms with Gasteiger partial charge in [-0.1, -0.05) is 24.3 Å². The van der Waals surface area contributed by atoms with Gasteiger partial charge in [0.25, 0.3) is 0 Å². The average Bonchev–Trinajstić information content (AvgIpc) is 3.16. The van der Waals surface area contributed by atoms with E-state index in [4.69, 9.17) is 9.47 Å². The van der Waals surface area contributed by atoms with Crippen molar-refractivity contribution in [2.75, 3.05) is 19.5 Å². The Kier molecular flexibility index (Phi) is 4.26. The minimum Gasteiger partial charge on any atom is -0.495 e. The Labute approximate surface area is 158 Å². The minimum atomic E-state index is -0.395. The SMILES string of the molecule is COc1ccc([C@@H]2Nc3c(OC)ccc(C)c3[C@H]3C=CC[C@H]32)cc1[N+](=O)[O-]. The number of allylic oxidation sites excluding steroid dienone is 2. The van der Waals surface area contributed by atoms with E-state index in [0.29, 0.717) is 5.92 Å². The number of ether oxygens (including phenoxy) is 2. The number of hydrogen-bond acceptors (Lipinski definition) is 5. The molecule has 1 aliphatic carbocycles. The van der Waals surface area contributed by atoms with Gasteiger partial charge in [-0.2, -0.15) is 0 Å². The summed E-state index contributed by atoms with van der Waals surface area (Å²) in [6, 6.07) is 9.22. The van der Waals surface area contributed by atoms with Crippen LogP contribution in [0.2, 0.25) is 0 Å². The highest BCUT2D eigenvalue weighted by Crippen LogP contribution is 2.53. The number of benzene rings is 2. The maximum Gasteiger partial charge on any atom is 0.311 e. The summed E-state index contributed by atoms with van der Waals surface area (Å²) in [6.07, 6.45) is 5.38. The third-order valence-electron chi connectivity index (χ3n) is 5.68. The molecule has 0 saturated heterocycles. The molecule has 2 aromatic carbocycles. The molecule has 6 heteroatoms. The van der Waals surface area contributed by atoms with Crippen LogP contribution < -0.4 is 14.8 Å². The Morgan fingerprint density at radius 1 is 1.15 bits per heavy atom. The predicted octanol–water partition coefficient (Wildman–Crippen LogP) is 4.75. The molecule has 0 saturated carbocycles. The summed E-state index contributed by atoms with van der Waals surface area (Å²) in [4.78, 5) is 11.1. The first-order valence-corrected chi connectivity index (χ1v) is 8.98. The zero-order valence-corrected chi connectivity index (χ0v) is 15.6. The van der Waals surface area contributed by atoms with E-state index < -0.39 is 4.92 Å². The molecular formula is C21H22N2O4. The number of nitrogens with one attached hydrogen (secondary N) is 1. The van der Waals surface area contributed by atoms with Gasteiger partial charge in [0.1, 0.15) is 5.75 Å². The van der Waals surface area contributed by atoms with Crippen LogP contribution in [0.25, 0.3) is 0 Å². The molecule has 2 aliphatic rings. The second-order valence-corrected chi connectivity index (χ2v) is 7.04. The number of nitrogens with zero attached hydrogens (tertiary/aromatic N) is 1.